The third-order valence-corrected chi connectivity index (χ3v) is 6.23. The Kier molecular flexibility index (Phi) is 9.11. The molecular formula is C21H24N4O6S2. The standard InChI is InChI=1S/C21H24N4O6S2/c1-32(28)17-7-3-15(4-8-17)19-20(16-5-9-18(10-6-16)33(2)29)23-24-21(22-19)25(30-13-11-26)31-14-12-27/h3-10,26-27H,11-14H2,1-2H3. The van der Waals surface area contributed by atoms with Gasteiger partial charge >= 0.3 is 0 Å². The van der Waals surface area contributed by atoms with E-state index in [1.807, 2.05) is 0 Å². The van der Waals surface area contributed by atoms with E-state index < -0.39 is 21.6 Å². The molecule has 0 saturated heterocycles. The van der Waals surface area contributed by atoms with E-state index in [9.17, 15) is 8.42 Å². The van der Waals surface area contributed by atoms with Crippen molar-refractivity contribution < 1.29 is 28.3 Å². The molecule has 176 valence electrons. The number of anilines is 1. The Morgan fingerprint density at radius 1 is 0.758 bits per heavy atom. The summed E-state index contributed by atoms with van der Waals surface area (Å²) in [5, 5.41) is 27.5. The monoisotopic (exact) mass is 492 g/mol. The van der Waals surface area contributed by atoms with Gasteiger partial charge in [-0.3, -0.25) is 8.42 Å². The Balaban J connectivity index is 2.09. The van der Waals surface area contributed by atoms with Gasteiger partial charge in [-0.25, -0.2) is 14.7 Å². The van der Waals surface area contributed by atoms with E-state index >= 15 is 0 Å². The quantitative estimate of drug-likeness (QED) is 0.377. The highest BCUT2D eigenvalue weighted by atomic mass is 32.2. The lowest BCUT2D eigenvalue weighted by molar-refractivity contribution is -0.106. The van der Waals surface area contributed by atoms with Crippen molar-refractivity contribution in [2.75, 3.05) is 44.2 Å². The molecule has 10 nitrogen and oxygen atoms in total. The molecule has 0 saturated carbocycles. The first-order chi connectivity index (χ1) is 15.9. The predicted molar refractivity (Wildman–Crippen MR) is 124 cm³/mol. The van der Waals surface area contributed by atoms with Crippen LogP contribution in [0.15, 0.2) is 58.3 Å². The summed E-state index contributed by atoms with van der Waals surface area (Å²) in [5.41, 5.74) is 2.29. The van der Waals surface area contributed by atoms with Crippen molar-refractivity contribution in [1.29, 1.82) is 0 Å². The first kappa shape index (κ1) is 25.0. The van der Waals surface area contributed by atoms with Gasteiger partial charge in [0.05, 0.1) is 13.2 Å². The summed E-state index contributed by atoms with van der Waals surface area (Å²) in [7, 11) is -2.25. The third kappa shape index (κ3) is 6.47. The van der Waals surface area contributed by atoms with Crippen molar-refractivity contribution >= 4 is 27.5 Å². The molecule has 33 heavy (non-hydrogen) atoms. The van der Waals surface area contributed by atoms with Crippen LogP contribution in [-0.2, 0) is 31.3 Å². The number of hydrogen-bond acceptors (Lipinski definition) is 10. The topological polar surface area (TPSA) is 135 Å². The highest BCUT2D eigenvalue weighted by molar-refractivity contribution is 7.84. The Morgan fingerprint density at radius 2 is 1.21 bits per heavy atom. The van der Waals surface area contributed by atoms with E-state index in [2.05, 4.69) is 15.2 Å². The molecule has 1 heterocycles. The van der Waals surface area contributed by atoms with Crippen molar-refractivity contribution in [2.24, 2.45) is 0 Å². The normalized spacial score (nSPS) is 13.0. The minimum Gasteiger partial charge on any atom is -0.394 e. The Labute approximate surface area is 196 Å². The summed E-state index contributed by atoms with van der Waals surface area (Å²) in [4.78, 5) is 16.5. The first-order valence-corrected chi connectivity index (χ1v) is 13.0. The number of benzene rings is 2. The minimum absolute atomic E-state index is 0.0370. The summed E-state index contributed by atoms with van der Waals surface area (Å²) in [6.45, 7) is -0.701. The van der Waals surface area contributed by atoms with Crippen molar-refractivity contribution in [3.8, 4) is 22.5 Å². The number of aromatic nitrogens is 3. The molecule has 0 fully saturated rings. The predicted octanol–water partition coefficient (Wildman–Crippen LogP) is 1.33. The van der Waals surface area contributed by atoms with Gasteiger partial charge in [0.2, 0.25) is 0 Å². The Hall–Kier alpha value is -2.61. The van der Waals surface area contributed by atoms with Gasteiger partial charge in [-0.2, -0.15) is 0 Å². The van der Waals surface area contributed by atoms with Crippen LogP contribution in [-0.4, -0.2) is 72.8 Å². The molecular weight excluding hydrogens is 468 g/mol. The number of aliphatic hydroxyl groups excluding tert-OH is 2. The molecule has 3 aromatic rings. The van der Waals surface area contributed by atoms with E-state index in [-0.39, 0.29) is 32.4 Å². The Morgan fingerprint density at radius 3 is 1.64 bits per heavy atom. The number of rotatable bonds is 11. The molecule has 2 N–H and O–H groups in total. The number of nitrogens with zero attached hydrogens (tertiary/aromatic N) is 4. The van der Waals surface area contributed by atoms with Gasteiger partial charge in [0.1, 0.15) is 24.6 Å². The summed E-state index contributed by atoms with van der Waals surface area (Å²) in [5.74, 6) is -0.0370. The van der Waals surface area contributed by atoms with Crippen LogP contribution in [0.1, 0.15) is 0 Å². The van der Waals surface area contributed by atoms with Gasteiger partial charge in [0.15, 0.2) is 0 Å². The molecule has 3 rings (SSSR count). The SMILES string of the molecule is CS(=O)c1ccc(-c2nnc(N(OCCO)OCCO)nc2-c2ccc(S(C)=O)cc2)cc1. The van der Waals surface area contributed by atoms with Gasteiger partial charge in [-0.1, -0.05) is 29.5 Å². The zero-order valence-electron chi connectivity index (χ0n) is 18.1. The highest BCUT2D eigenvalue weighted by Crippen LogP contribution is 2.30. The molecule has 12 heteroatoms. The summed E-state index contributed by atoms with van der Waals surface area (Å²) < 4.78 is 23.5. The largest absolute Gasteiger partial charge is 0.394 e. The molecule has 0 radical (unpaired) electrons. The van der Waals surface area contributed by atoms with Gasteiger partial charge in [0.25, 0.3) is 5.95 Å². The van der Waals surface area contributed by atoms with E-state index in [0.29, 0.717) is 32.3 Å². The second-order valence-corrected chi connectivity index (χ2v) is 9.40. The van der Waals surface area contributed by atoms with Crippen molar-refractivity contribution in [2.45, 2.75) is 9.79 Å². The highest BCUT2D eigenvalue weighted by Gasteiger charge is 2.19. The van der Waals surface area contributed by atoms with E-state index in [0.717, 1.165) is 5.23 Å². The summed E-state index contributed by atoms with van der Waals surface area (Å²) >= 11 is 0. The third-order valence-electron chi connectivity index (χ3n) is 4.36. The van der Waals surface area contributed by atoms with E-state index in [1.165, 1.54) is 0 Å². The second-order valence-electron chi connectivity index (χ2n) is 6.64. The van der Waals surface area contributed by atoms with Gasteiger partial charge in [-0.05, 0) is 24.3 Å². The molecule has 0 aliphatic carbocycles. The molecule has 1 aromatic heterocycles. The fraction of sp³-hybridized carbons (Fsp3) is 0.286. The molecule has 0 bridgehead atoms. The van der Waals surface area contributed by atoms with E-state index in [1.54, 1.807) is 61.0 Å². The zero-order valence-corrected chi connectivity index (χ0v) is 19.7. The van der Waals surface area contributed by atoms with Gasteiger partial charge in [0, 0.05) is 55.0 Å². The maximum atomic E-state index is 11.8. The van der Waals surface area contributed by atoms with Crippen LogP contribution in [0.2, 0.25) is 0 Å². The maximum Gasteiger partial charge on any atom is 0.297 e. The average Bonchev–Trinajstić information content (AvgIpc) is 2.84. The summed E-state index contributed by atoms with van der Waals surface area (Å²) in [6.07, 6.45) is 3.20. The fourth-order valence-electron chi connectivity index (χ4n) is 2.80. The lowest BCUT2D eigenvalue weighted by atomic mass is 10.0. The van der Waals surface area contributed by atoms with E-state index in [4.69, 9.17) is 19.9 Å². The first-order valence-electron chi connectivity index (χ1n) is 9.84. The van der Waals surface area contributed by atoms with Crippen LogP contribution in [0.3, 0.4) is 0 Å². The zero-order chi connectivity index (χ0) is 23.8. The van der Waals surface area contributed by atoms with Crippen LogP contribution in [0.4, 0.5) is 5.95 Å². The molecule has 0 aliphatic rings. The smallest absolute Gasteiger partial charge is 0.297 e. The number of hydrogen-bond donors (Lipinski definition) is 2. The van der Waals surface area contributed by atoms with Crippen LogP contribution < -0.4 is 5.23 Å². The molecule has 0 spiro atoms. The second kappa shape index (κ2) is 12.0. The van der Waals surface area contributed by atoms with Crippen LogP contribution in [0.25, 0.3) is 22.5 Å². The molecule has 2 atom stereocenters. The van der Waals surface area contributed by atoms with Gasteiger partial charge in [-0.15, -0.1) is 10.2 Å². The van der Waals surface area contributed by atoms with Crippen LogP contribution in [0.5, 0.6) is 0 Å². The average molecular weight is 493 g/mol. The van der Waals surface area contributed by atoms with Crippen molar-refractivity contribution in [3.05, 3.63) is 48.5 Å². The minimum atomic E-state index is -1.13. The van der Waals surface area contributed by atoms with Crippen molar-refractivity contribution in [1.82, 2.24) is 15.2 Å². The van der Waals surface area contributed by atoms with Gasteiger partial charge < -0.3 is 10.2 Å². The van der Waals surface area contributed by atoms with Crippen LogP contribution >= 0.6 is 0 Å². The molecule has 0 amide bonds. The summed E-state index contributed by atoms with van der Waals surface area (Å²) in [6, 6.07) is 14.1. The molecule has 2 aromatic carbocycles. The molecule has 0 aliphatic heterocycles. The maximum absolute atomic E-state index is 11.8. The Bertz CT molecular complexity index is 1100. The number of aliphatic hydroxyl groups is 2. The van der Waals surface area contributed by atoms with Crippen molar-refractivity contribution in [3.63, 3.8) is 0 Å². The lowest BCUT2D eigenvalue weighted by Crippen LogP contribution is -2.29. The fourth-order valence-corrected chi connectivity index (χ4v) is 3.84. The lowest BCUT2D eigenvalue weighted by Gasteiger charge is -2.20. The molecule has 2 unspecified atom stereocenters. The van der Waals surface area contributed by atoms with Crippen LogP contribution in [0, 0.1) is 0 Å².